The molecule has 1 rings (SSSR count). The lowest BCUT2D eigenvalue weighted by Gasteiger charge is -2.24. The molecule has 1 fully saturated rings. The van der Waals surface area contributed by atoms with Gasteiger partial charge in [-0.1, -0.05) is 33.1 Å². The zero-order valence-corrected chi connectivity index (χ0v) is 12.2. The average molecular weight is 240 g/mol. The summed E-state index contributed by atoms with van der Waals surface area (Å²) in [4.78, 5) is 2.67. The molecule has 2 nitrogen and oxygen atoms in total. The Morgan fingerprint density at radius 3 is 2.76 bits per heavy atom. The summed E-state index contributed by atoms with van der Waals surface area (Å²) in [5.41, 5.74) is 0. The van der Waals surface area contributed by atoms with Gasteiger partial charge in [-0.2, -0.15) is 0 Å². The minimum atomic E-state index is 0.721. The zero-order chi connectivity index (χ0) is 12.5. The van der Waals surface area contributed by atoms with Gasteiger partial charge >= 0.3 is 0 Å². The Bertz CT molecular complexity index is 182. The minimum Gasteiger partial charge on any atom is -0.315 e. The number of likely N-dealkylation sites (tertiary alicyclic amines) is 1. The van der Waals surface area contributed by atoms with Gasteiger partial charge in [0.25, 0.3) is 0 Å². The monoisotopic (exact) mass is 240 g/mol. The van der Waals surface area contributed by atoms with Crippen molar-refractivity contribution >= 4 is 0 Å². The lowest BCUT2D eigenvalue weighted by molar-refractivity contribution is 0.241. The van der Waals surface area contributed by atoms with Crippen LogP contribution in [0.15, 0.2) is 0 Å². The summed E-state index contributed by atoms with van der Waals surface area (Å²) in [5, 5.41) is 3.60. The van der Waals surface area contributed by atoms with Gasteiger partial charge in [0, 0.05) is 19.1 Å². The molecular weight excluding hydrogens is 208 g/mol. The molecule has 1 N–H and O–H groups in total. The van der Waals surface area contributed by atoms with Crippen molar-refractivity contribution in [3.63, 3.8) is 0 Å². The predicted octanol–water partition coefficient (Wildman–Crippen LogP) is 3.28. The van der Waals surface area contributed by atoms with Crippen molar-refractivity contribution in [2.45, 2.75) is 65.3 Å². The van der Waals surface area contributed by atoms with E-state index in [2.05, 4.69) is 31.0 Å². The van der Waals surface area contributed by atoms with Crippen LogP contribution in [0.1, 0.15) is 59.3 Å². The van der Waals surface area contributed by atoms with E-state index in [1.54, 1.807) is 0 Å². The predicted molar refractivity (Wildman–Crippen MR) is 76.4 cm³/mol. The number of unbranched alkanes of at least 4 members (excludes halogenated alkanes) is 2. The summed E-state index contributed by atoms with van der Waals surface area (Å²) < 4.78 is 0. The number of nitrogens with one attached hydrogen (secondary N) is 1. The third-order valence-corrected chi connectivity index (χ3v) is 4.03. The van der Waals surface area contributed by atoms with E-state index in [9.17, 15) is 0 Å². The van der Waals surface area contributed by atoms with Gasteiger partial charge in [0.05, 0.1) is 0 Å². The smallest absolute Gasteiger partial charge is 0.0192 e. The largest absolute Gasteiger partial charge is 0.315 e. The molecule has 2 heteroatoms. The van der Waals surface area contributed by atoms with E-state index in [1.807, 2.05) is 0 Å². The molecule has 2 unspecified atom stereocenters. The summed E-state index contributed by atoms with van der Waals surface area (Å²) in [6.45, 7) is 12.0. The van der Waals surface area contributed by atoms with E-state index in [0.717, 1.165) is 12.0 Å². The highest BCUT2D eigenvalue weighted by Gasteiger charge is 2.24. The maximum Gasteiger partial charge on any atom is 0.0192 e. The molecule has 1 aliphatic rings. The molecule has 1 saturated heterocycles. The van der Waals surface area contributed by atoms with E-state index < -0.39 is 0 Å². The summed E-state index contributed by atoms with van der Waals surface area (Å²) in [5.74, 6) is 0.975. The van der Waals surface area contributed by atoms with Crippen LogP contribution in [-0.4, -0.2) is 37.1 Å². The van der Waals surface area contributed by atoms with Crippen molar-refractivity contribution < 1.29 is 0 Å². The van der Waals surface area contributed by atoms with Gasteiger partial charge in [-0.3, -0.25) is 4.90 Å². The van der Waals surface area contributed by atoms with Crippen LogP contribution in [0.25, 0.3) is 0 Å². The van der Waals surface area contributed by atoms with Crippen LogP contribution >= 0.6 is 0 Å². The molecule has 2 atom stereocenters. The van der Waals surface area contributed by atoms with Crippen LogP contribution in [0.2, 0.25) is 0 Å². The van der Waals surface area contributed by atoms with Crippen LogP contribution in [0, 0.1) is 5.92 Å². The average Bonchev–Trinajstić information content (AvgIpc) is 2.78. The number of hydrogen-bond donors (Lipinski definition) is 1. The van der Waals surface area contributed by atoms with Crippen LogP contribution in [0.4, 0.5) is 0 Å². The van der Waals surface area contributed by atoms with Gasteiger partial charge in [0.15, 0.2) is 0 Å². The topological polar surface area (TPSA) is 15.3 Å². The molecule has 0 radical (unpaired) electrons. The highest BCUT2D eigenvalue weighted by molar-refractivity contribution is 4.80. The Morgan fingerprint density at radius 2 is 2.06 bits per heavy atom. The first-order valence-electron chi connectivity index (χ1n) is 7.72. The zero-order valence-electron chi connectivity index (χ0n) is 12.2. The van der Waals surface area contributed by atoms with Gasteiger partial charge < -0.3 is 5.32 Å². The van der Waals surface area contributed by atoms with Crippen molar-refractivity contribution in [3.05, 3.63) is 0 Å². The third kappa shape index (κ3) is 5.87. The lowest BCUT2D eigenvalue weighted by atomic mass is 10.0. The summed E-state index contributed by atoms with van der Waals surface area (Å²) in [6, 6.07) is 0.721. The fraction of sp³-hybridized carbons (Fsp3) is 1.00. The molecule has 0 bridgehead atoms. The van der Waals surface area contributed by atoms with Crippen LogP contribution in [0.3, 0.4) is 0 Å². The number of nitrogens with zero attached hydrogens (tertiary/aromatic N) is 1. The third-order valence-electron chi connectivity index (χ3n) is 4.03. The fourth-order valence-electron chi connectivity index (χ4n) is 2.85. The molecule has 0 saturated carbocycles. The first-order valence-corrected chi connectivity index (χ1v) is 7.72. The standard InChI is InChI=1S/C15H32N2/c1-4-6-7-10-16-12-14(3)17-11-9-15(13-17)8-5-2/h14-16H,4-13H2,1-3H3. The van der Waals surface area contributed by atoms with Crippen molar-refractivity contribution in [2.24, 2.45) is 5.92 Å². The Morgan fingerprint density at radius 1 is 1.24 bits per heavy atom. The second-order valence-electron chi connectivity index (χ2n) is 5.70. The van der Waals surface area contributed by atoms with Crippen molar-refractivity contribution in [2.75, 3.05) is 26.2 Å². The molecule has 0 spiro atoms. The summed E-state index contributed by atoms with van der Waals surface area (Å²) in [6.07, 6.45) is 8.22. The van der Waals surface area contributed by atoms with Crippen molar-refractivity contribution in [1.82, 2.24) is 10.2 Å². The van der Waals surface area contributed by atoms with E-state index in [1.165, 1.54) is 64.7 Å². The normalized spacial score (nSPS) is 23.1. The maximum absolute atomic E-state index is 3.60. The number of rotatable bonds is 9. The second-order valence-corrected chi connectivity index (χ2v) is 5.70. The quantitative estimate of drug-likeness (QED) is 0.622. The van der Waals surface area contributed by atoms with Gasteiger partial charge in [0.2, 0.25) is 0 Å². The molecule has 102 valence electrons. The highest BCUT2D eigenvalue weighted by atomic mass is 15.2. The molecule has 17 heavy (non-hydrogen) atoms. The Labute approximate surface area is 108 Å². The Balaban J connectivity index is 2.05. The lowest BCUT2D eigenvalue weighted by Crippen LogP contribution is -2.39. The van der Waals surface area contributed by atoms with Crippen LogP contribution in [-0.2, 0) is 0 Å². The van der Waals surface area contributed by atoms with Crippen LogP contribution < -0.4 is 5.32 Å². The van der Waals surface area contributed by atoms with Crippen molar-refractivity contribution in [1.29, 1.82) is 0 Å². The summed E-state index contributed by atoms with van der Waals surface area (Å²) in [7, 11) is 0. The first kappa shape index (κ1) is 15.0. The first-order chi connectivity index (χ1) is 8.27. The Kier molecular flexibility index (Phi) is 7.87. The van der Waals surface area contributed by atoms with E-state index >= 15 is 0 Å². The molecule has 0 aliphatic carbocycles. The van der Waals surface area contributed by atoms with Gasteiger partial charge in [-0.05, 0) is 45.2 Å². The van der Waals surface area contributed by atoms with Gasteiger partial charge in [-0.25, -0.2) is 0 Å². The van der Waals surface area contributed by atoms with Crippen LogP contribution in [0.5, 0.6) is 0 Å². The Hall–Kier alpha value is -0.0800. The number of hydrogen-bond acceptors (Lipinski definition) is 2. The van der Waals surface area contributed by atoms with Gasteiger partial charge in [0.1, 0.15) is 0 Å². The summed E-state index contributed by atoms with van der Waals surface area (Å²) >= 11 is 0. The van der Waals surface area contributed by atoms with Crippen molar-refractivity contribution in [3.8, 4) is 0 Å². The minimum absolute atomic E-state index is 0.721. The van der Waals surface area contributed by atoms with E-state index in [4.69, 9.17) is 0 Å². The maximum atomic E-state index is 3.60. The molecule has 0 aromatic heterocycles. The second kappa shape index (κ2) is 8.93. The van der Waals surface area contributed by atoms with E-state index in [-0.39, 0.29) is 0 Å². The van der Waals surface area contributed by atoms with E-state index in [0.29, 0.717) is 0 Å². The molecular formula is C15H32N2. The highest BCUT2D eigenvalue weighted by Crippen LogP contribution is 2.22. The molecule has 0 aromatic carbocycles. The van der Waals surface area contributed by atoms with Gasteiger partial charge in [-0.15, -0.1) is 0 Å². The SMILES string of the molecule is CCCCCNCC(C)N1CCC(CCC)C1. The molecule has 0 amide bonds. The molecule has 1 aliphatic heterocycles. The fourth-order valence-corrected chi connectivity index (χ4v) is 2.85. The molecule has 0 aromatic rings. The molecule has 1 heterocycles.